The summed E-state index contributed by atoms with van der Waals surface area (Å²) in [4.78, 5) is 24.1. The van der Waals surface area contributed by atoms with Gasteiger partial charge in [0.05, 0.1) is 12.1 Å². The zero-order valence-electron chi connectivity index (χ0n) is 15.8. The summed E-state index contributed by atoms with van der Waals surface area (Å²) in [6.45, 7) is -0.378. The van der Waals surface area contributed by atoms with Crippen molar-refractivity contribution < 1.29 is 31.9 Å². The van der Waals surface area contributed by atoms with E-state index in [1.165, 1.54) is 18.2 Å². The number of hydrogen-bond acceptors (Lipinski definition) is 4. The molecule has 0 atom stereocenters. The maximum Gasteiger partial charge on any atom is 0.416 e. The highest BCUT2D eigenvalue weighted by molar-refractivity contribution is 6.30. The van der Waals surface area contributed by atoms with E-state index in [1.807, 2.05) is 0 Å². The number of nitrogens with one attached hydrogen (secondary N) is 2. The Balaban J connectivity index is 1.48. The molecule has 0 unspecified atom stereocenters. The largest absolute Gasteiger partial charge is 0.486 e. The van der Waals surface area contributed by atoms with E-state index in [9.17, 15) is 22.8 Å². The van der Waals surface area contributed by atoms with Crippen LogP contribution in [0.15, 0.2) is 65.1 Å². The molecular weight excluding hydrogens is 437 g/mol. The van der Waals surface area contributed by atoms with Gasteiger partial charge in [0.25, 0.3) is 5.91 Å². The molecule has 0 radical (unpaired) electrons. The molecule has 0 aliphatic heterocycles. The summed E-state index contributed by atoms with van der Waals surface area (Å²) in [5.74, 6) is -0.435. The van der Waals surface area contributed by atoms with Gasteiger partial charge in [0.1, 0.15) is 18.1 Å². The number of halogens is 4. The van der Waals surface area contributed by atoms with Crippen molar-refractivity contribution in [1.29, 1.82) is 0 Å². The lowest BCUT2D eigenvalue weighted by atomic mass is 10.2. The minimum atomic E-state index is -4.52. The van der Waals surface area contributed by atoms with Crippen LogP contribution in [-0.4, -0.2) is 18.4 Å². The third-order valence-corrected chi connectivity index (χ3v) is 4.22. The first-order valence-electron chi connectivity index (χ1n) is 8.93. The van der Waals surface area contributed by atoms with E-state index < -0.39 is 30.1 Å². The fourth-order valence-electron chi connectivity index (χ4n) is 2.49. The second kappa shape index (κ2) is 9.57. The number of anilines is 1. The molecule has 31 heavy (non-hydrogen) atoms. The van der Waals surface area contributed by atoms with Crippen LogP contribution in [0.2, 0.25) is 5.02 Å². The van der Waals surface area contributed by atoms with Crippen LogP contribution in [0, 0.1) is 0 Å². The quantitative estimate of drug-likeness (QED) is 0.534. The first-order chi connectivity index (χ1) is 14.7. The number of furan rings is 1. The van der Waals surface area contributed by atoms with Crippen LogP contribution in [0.3, 0.4) is 0 Å². The second-order valence-electron chi connectivity index (χ2n) is 6.32. The normalized spacial score (nSPS) is 11.1. The van der Waals surface area contributed by atoms with Crippen LogP contribution in [0.25, 0.3) is 0 Å². The molecule has 0 bridgehead atoms. The maximum absolute atomic E-state index is 12.7. The summed E-state index contributed by atoms with van der Waals surface area (Å²) in [6, 6.07) is 13.9. The van der Waals surface area contributed by atoms with E-state index in [0.717, 1.165) is 12.1 Å². The summed E-state index contributed by atoms with van der Waals surface area (Å²) in [5, 5.41) is 5.20. The van der Waals surface area contributed by atoms with Gasteiger partial charge in [-0.05, 0) is 54.6 Å². The molecule has 162 valence electrons. The predicted octanol–water partition coefficient (Wildman–Crippen LogP) is 4.90. The smallest absolute Gasteiger partial charge is 0.416 e. The van der Waals surface area contributed by atoms with Crippen molar-refractivity contribution in [2.75, 3.05) is 11.9 Å². The number of carbonyl (C=O) groups is 2. The average Bonchev–Trinajstić information content (AvgIpc) is 3.20. The first-order valence-corrected chi connectivity index (χ1v) is 9.31. The van der Waals surface area contributed by atoms with Crippen LogP contribution in [0.1, 0.15) is 21.9 Å². The highest BCUT2D eigenvalue weighted by atomic mass is 35.5. The van der Waals surface area contributed by atoms with E-state index in [-0.39, 0.29) is 18.1 Å². The number of ether oxygens (including phenoxy) is 1. The highest BCUT2D eigenvalue weighted by Gasteiger charge is 2.30. The minimum Gasteiger partial charge on any atom is -0.486 e. The molecule has 6 nitrogen and oxygen atoms in total. The summed E-state index contributed by atoms with van der Waals surface area (Å²) in [6.07, 6.45) is -4.52. The lowest BCUT2D eigenvalue weighted by Gasteiger charge is -2.10. The molecule has 0 aliphatic rings. The predicted molar refractivity (Wildman–Crippen MR) is 107 cm³/mol. The zero-order valence-corrected chi connectivity index (χ0v) is 16.6. The monoisotopic (exact) mass is 452 g/mol. The molecule has 0 fully saturated rings. The molecule has 2 N–H and O–H groups in total. The Morgan fingerprint density at radius 1 is 1.03 bits per heavy atom. The van der Waals surface area contributed by atoms with Crippen LogP contribution in [-0.2, 0) is 17.6 Å². The third kappa shape index (κ3) is 6.51. The third-order valence-electron chi connectivity index (χ3n) is 3.96. The second-order valence-corrected chi connectivity index (χ2v) is 6.75. The molecule has 0 saturated heterocycles. The lowest BCUT2D eigenvalue weighted by molar-refractivity contribution is -0.137. The summed E-state index contributed by atoms with van der Waals surface area (Å²) < 4.78 is 49.1. The molecule has 1 heterocycles. The summed E-state index contributed by atoms with van der Waals surface area (Å²) in [7, 11) is 0. The molecule has 0 saturated carbocycles. The minimum absolute atomic E-state index is 0.0336. The number of amides is 2. The first kappa shape index (κ1) is 22.2. The number of hydrogen-bond donors (Lipinski definition) is 2. The Labute approximate surface area is 180 Å². The van der Waals surface area contributed by atoms with Gasteiger partial charge in [-0.15, -0.1) is 0 Å². The van der Waals surface area contributed by atoms with Gasteiger partial charge in [0.15, 0.2) is 5.76 Å². The Morgan fingerprint density at radius 2 is 1.77 bits per heavy atom. The van der Waals surface area contributed by atoms with Gasteiger partial charge < -0.3 is 19.8 Å². The fraction of sp³-hybridized carbons (Fsp3) is 0.143. The standard InChI is InChI=1S/C21H16ClF3N2O4/c22-14-4-6-16(7-5-14)30-12-17-8-9-18(31-17)20(29)26-11-19(28)27-15-3-1-2-13(10-15)21(23,24)25/h1-10H,11-12H2,(H,26,29)(H,27,28). The van der Waals surface area contributed by atoms with E-state index in [1.54, 1.807) is 30.3 Å². The van der Waals surface area contributed by atoms with Crippen molar-refractivity contribution in [2.45, 2.75) is 12.8 Å². The van der Waals surface area contributed by atoms with Gasteiger partial charge in [-0.2, -0.15) is 13.2 Å². The average molecular weight is 453 g/mol. The van der Waals surface area contributed by atoms with Crippen molar-refractivity contribution in [2.24, 2.45) is 0 Å². The molecule has 2 aromatic carbocycles. The SMILES string of the molecule is O=C(CNC(=O)c1ccc(COc2ccc(Cl)cc2)o1)Nc1cccc(C(F)(F)F)c1. The highest BCUT2D eigenvalue weighted by Crippen LogP contribution is 2.30. The molecule has 0 aliphatic carbocycles. The van der Waals surface area contributed by atoms with Crippen LogP contribution >= 0.6 is 11.6 Å². The summed E-state index contributed by atoms with van der Waals surface area (Å²) in [5.41, 5.74) is -0.924. The van der Waals surface area contributed by atoms with E-state index in [4.69, 9.17) is 20.8 Å². The Hall–Kier alpha value is -3.46. The van der Waals surface area contributed by atoms with Gasteiger partial charge in [0, 0.05) is 10.7 Å². The van der Waals surface area contributed by atoms with Crippen LogP contribution in [0.5, 0.6) is 5.75 Å². The molecule has 3 aromatic rings. The molecule has 2 amide bonds. The molecule has 0 spiro atoms. The Morgan fingerprint density at radius 3 is 2.48 bits per heavy atom. The fourth-order valence-corrected chi connectivity index (χ4v) is 2.61. The van der Waals surface area contributed by atoms with Crippen LogP contribution < -0.4 is 15.4 Å². The number of rotatable bonds is 7. The Bertz CT molecular complexity index is 1060. The lowest BCUT2D eigenvalue weighted by Crippen LogP contribution is -2.32. The number of benzene rings is 2. The van der Waals surface area contributed by atoms with E-state index >= 15 is 0 Å². The van der Waals surface area contributed by atoms with Crippen molar-refractivity contribution in [3.05, 3.63) is 82.8 Å². The molecule has 1 aromatic heterocycles. The maximum atomic E-state index is 12.7. The molecule has 10 heteroatoms. The molecule has 3 rings (SSSR count). The Kier molecular flexibility index (Phi) is 6.86. The van der Waals surface area contributed by atoms with Gasteiger partial charge in [-0.1, -0.05) is 17.7 Å². The van der Waals surface area contributed by atoms with Gasteiger partial charge >= 0.3 is 6.18 Å². The van der Waals surface area contributed by atoms with E-state index in [2.05, 4.69) is 10.6 Å². The van der Waals surface area contributed by atoms with Gasteiger partial charge in [-0.3, -0.25) is 9.59 Å². The van der Waals surface area contributed by atoms with Crippen LogP contribution in [0.4, 0.5) is 18.9 Å². The molecular formula is C21H16ClF3N2O4. The van der Waals surface area contributed by atoms with E-state index in [0.29, 0.717) is 16.5 Å². The topological polar surface area (TPSA) is 80.6 Å². The van der Waals surface area contributed by atoms with Crippen molar-refractivity contribution >= 4 is 29.1 Å². The van der Waals surface area contributed by atoms with Gasteiger partial charge in [-0.25, -0.2) is 0 Å². The van der Waals surface area contributed by atoms with Crippen molar-refractivity contribution in [3.63, 3.8) is 0 Å². The van der Waals surface area contributed by atoms with Crippen molar-refractivity contribution in [1.82, 2.24) is 5.32 Å². The summed E-state index contributed by atoms with van der Waals surface area (Å²) >= 11 is 5.80. The zero-order chi connectivity index (χ0) is 22.4. The van der Waals surface area contributed by atoms with Crippen molar-refractivity contribution in [3.8, 4) is 5.75 Å². The van der Waals surface area contributed by atoms with Gasteiger partial charge in [0.2, 0.25) is 5.91 Å². The number of carbonyl (C=O) groups excluding carboxylic acids is 2. The number of alkyl halides is 3.